The van der Waals surface area contributed by atoms with Crippen molar-refractivity contribution in [1.29, 1.82) is 0 Å². The highest BCUT2D eigenvalue weighted by Gasteiger charge is 2.49. The van der Waals surface area contributed by atoms with Crippen molar-refractivity contribution in [1.82, 2.24) is 0 Å². The van der Waals surface area contributed by atoms with E-state index in [0.717, 1.165) is 31.6 Å². The van der Waals surface area contributed by atoms with E-state index in [4.69, 9.17) is 4.74 Å². The molecular weight excluding hydrogens is 476 g/mol. The third kappa shape index (κ3) is 5.80. The summed E-state index contributed by atoms with van der Waals surface area (Å²) in [6.45, 7) is 2.60. The molecule has 8 heteroatoms. The van der Waals surface area contributed by atoms with Gasteiger partial charge in [0.15, 0.2) is 12.6 Å². The number of rotatable bonds is 7. The fourth-order valence-corrected chi connectivity index (χ4v) is 5.49. The lowest BCUT2D eigenvalue weighted by molar-refractivity contribution is -0.938. The van der Waals surface area contributed by atoms with E-state index in [1.165, 1.54) is 29.2 Å². The van der Waals surface area contributed by atoms with Crippen LogP contribution in [0.3, 0.4) is 0 Å². The molecule has 0 aromatic heterocycles. The van der Waals surface area contributed by atoms with Crippen LogP contribution in [0.4, 0.5) is 25.0 Å². The van der Waals surface area contributed by atoms with Crippen molar-refractivity contribution in [3.63, 3.8) is 0 Å². The van der Waals surface area contributed by atoms with Crippen molar-refractivity contribution < 1.29 is 27.6 Å². The number of carbonyl (C=O) groups excluding carboxylic acids is 2. The Morgan fingerprint density at radius 3 is 2.30 bits per heavy atom. The first-order valence-electron chi connectivity index (χ1n) is 12.6. The highest BCUT2D eigenvalue weighted by atomic mass is 19.1. The minimum Gasteiger partial charge on any atom is -0.440 e. The standard InChI is InChI=1S/C29H29F2N3O3/c30-23-12-10-21(11-13-23)18-33(26-9-5-4-8-25(26)31)29(36)37-27-19-34(16-14-22(27)15-17-34)20-28(35)32-24-6-2-1-3-7-24/h1-13,22,27H,14-20H2/p+1/t22?,27-,34?/m0/s1. The first-order chi connectivity index (χ1) is 17.9. The lowest BCUT2D eigenvalue weighted by Crippen LogP contribution is -2.66. The van der Waals surface area contributed by atoms with Crippen LogP contribution in [0.1, 0.15) is 18.4 Å². The van der Waals surface area contributed by atoms with Gasteiger partial charge in [0.1, 0.15) is 18.2 Å². The van der Waals surface area contributed by atoms with Crippen molar-refractivity contribution in [3.05, 3.63) is 96.1 Å². The van der Waals surface area contributed by atoms with Crippen LogP contribution in [0.5, 0.6) is 0 Å². The molecule has 37 heavy (non-hydrogen) atoms. The number of amides is 2. The fraction of sp³-hybridized carbons (Fsp3) is 0.310. The third-order valence-electron chi connectivity index (χ3n) is 7.45. The molecule has 0 spiro atoms. The number of para-hydroxylation sites is 2. The molecule has 3 fully saturated rings. The second-order valence-corrected chi connectivity index (χ2v) is 9.97. The summed E-state index contributed by atoms with van der Waals surface area (Å²) in [4.78, 5) is 27.6. The Kier molecular flexibility index (Phi) is 7.19. The summed E-state index contributed by atoms with van der Waals surface area (Å²) < 4.78 is 34.7. The summed E-state index contributed by atoms with van der Waals surface area (Å²) in [6.07, 6.45) is 0.685. The van der Waals surface area contributed by atoms with Crippen LogP contribution in [0.15, 0.2) is 78.9 Å². The summed E-state index contributed by atoms with van der Waals surface area (Å²) in [5.41, 5.74) is 1.50. The number of ether oxygens (including phenoxy) is 1. The summed E-state index contributed by atoms with van der Waals surface area (Å²) >= 11 is 0. The molecule has 2 bridgehead atoms. The highest BCUT2D eigenvalue weighted by molar-refractivity contribution is 5.91. The molecule has 0 radical (unpaired) electrons. The number of halogens is 2. The Balaban J connectivity index is 1.30. The van der Waals surface area contributed by atoms with Gasteiger partial charge in [-0.15, -0.1) is 0 Å². The Morgan fingerprint density at radius 2 is 1.59 bits per heavy atom. The van der Waals surface area contributed by atoms with Crippen LogP contribution in [0, 0.1) is 17.6 Å². The quantitative estimate of drug-likeness (QED) is 0.439. The van der Waals surface area contributed by atoms with E-state index >= 15 is 0 Å². The van der Waals surface area contributed by atoms with Crippen molar-refractivity contribution in [3.8, 4) is 0 Å². The van der Waals surface area contributed by atoms with Crippen LogP contribution in [-0.2, 0) is 16.1 Å². The zero-order chi connectivity index (χ0) is 25.8. The number of quaternary nitrogens is 1. The number of nitrogens with zero attached hydrogens (tertiary/aromatic N) is 2. The Morgan fingerprint density at radius 1 is 0.919 bits per heavy atom. The van der Waals surface area contributed by atoms with Gasteiger partial charge in [0, 0.05) is 24.4 Å². The fourth-order valence-electron chi connectivity index (χ4n) is 5.49. The van der Waals surface area contributed by atoms with Crippen molar-refractivity contribution in [2.45, 2.75) is 25.5 Å². The van der Waals surface area contributed by atoms with Crippen LogP contribution in [-0.4, -0.2) is 48.8 Å². The van der Waals surface area contributed by atoms with Gasteiger partial charge >= 0.3 is 6.09 Å². The summed E-state index contributed by atoms with van der Waals surface area (Å²) in [5.74, 6) is -0.798. The first kappa shape index (κ1) is 24.9. The van der Waals surface area contributed by atoms with Crippen LogP contribution in [0.25, 0.3) is 0 Å². The molecule has 3 aliphatic rings. The highest BCUT2D eigenvalue weighted by Crippen LogP contribution is 2.36. The van der Waals surface area contributed by atoms with Crippen LogP contribution < -0.4 is 10.2 Å². The number of fused-ring (bicyclic) bond motifs is 3. The minimum atomic E-state index is -0.653. The first-order valence-corrected chi connectivity index (χ1v) is 12.6. The molecule has 192 valence electrons. The number of piperidine rings is 3. The van der Waals surface area contributed by atoms with Gasteiger partial charge < -0.3 is 14.5 Å². The van der Waals surface area contributed by atoms with Gasteiger partial charge in [-0.3, -0.25) is 9.69 Å². The molecule has 1 atom stereocenters. The molecule has 3 aliphatic heterocycles. The molecule has 2 amide bonds. The smallest absolute Gasteiger partial charge is 0.415 e. The predicted molar refractivity (Wildman–Crippen MR) is 137 cm³/mol. The van der Waals surface area contributed by atoms with Gasteiger partial charge in [-0.25, -0.2) is 13.6 Å². The molecule has 3 saturated heterocycles. The van der Waals surface area contributed by atoms with E-state index in [0.29, 0.717) is 23.1 Å². The number of hydrogen-bond acceptors (Lipinski definition) is 3. The average molecular weight is 507 g/mol. The second kappa shape index (κ2) is 10.7. The zero-order valence-electron chi connectivity index (χ0n) is 20.5. The van der Waals surface area contributed by atoms with E-state index in [1.807, 2.05) is 30.3 Å². The summed E-state index contributed by atoms with van der Waals surface area (Å²) in [5, 5.41) is 2.96. The van der Waals surface area contributed by atoms with Crippen molar-refractivity contribution in [2.75, 3.05) is 36.4 Å². The molecule has 1 N–H and O–H groups in total. The molecule has 3 heterocycles. The summed E-state index contributed by atoms with van der Waals surface area (Å²) in [7, 11) is 0. The van der Waals surface area contributed by atoms with E-state index in [2.05, 4.69) is 5.32 Å². The van der Waals surface area contributed by atoms with Gasteiger partial charge in [0.25, 0.3) is 5.91 Å². The normalized spacial score (nSPS) is 22.3. The van der Waals surface area contributed by atoms with E-state index in [1.54, 1.807) is 24.3 Å². The SMILES string of the molecule is O=C(C[N+]12CCC(CC1)[C@@H](OC(=O)N(Cc1ccc(F)cc1)c1ccccc1F)C2)Nc1ccccc1. The molecule has 0 saturated carbocycles. The second-order valence-electron chi connectivity index (χ2n) is 9.97. The maximum atomic E-state index is 14.7. The minimum absolute atomic E-state index is 0.0386. The Bertz CT molecular complexity index is 1240. The topological polar surface area (TPSA) is 58.6 Å². The van der Waals surface area contributed by atoms with Gasteiger partial charge in [0.05, 0.1) is 25.3 Å². The van der Waals surface area contributed by atoms with Gasteiger partial charge in [-0.05, 0) is 42.0 Å². The molecule has 6 rings (SSSR count). The maximum absolute atomic E-state index is 14.7. The molecule has 0 aliphatic carbocycles. The zero-order valence-corrected chi connectivity index (χ0v) is 20.5. The van der Waals surface area contributed by atoms with Gasteiger partial charge in [-0.1, -0.05) is 42.5 Å². The molecule has 6 nitrogen and oxygen atoms in total. The largest absolute Gasteiger partial charge is 0.440 e. The lowest BCUT2D eigenvalue weighted by atomic mass is 9.83. The number of hydrogen-bond donors (Lipinski definition) is 1. The van der Waals surface area contributed by atoms with Gasteiger partial charge in [0.2, 0.25) is 0 Å². The lowest BCUT2D eigenvalue weighted by Gasteiger charge is -2.51. The Labute approximate surface area is 215 Å². The number of anilines is 2. The summed E-state index contributed by atoms with van der Waals surface area (Å²) in [6, 6.07) is 21.1. The molecule has 3 aromatic rings. The molecule has 3 aromatic carbocycles. The molecule has 0 unspecified atom stereocenters. The number of carbonyl (C=O) groups is 2. The Hall–Kier alpha value is -3.78. The molecular formula is C29H30F2N3O3+. The van der Waals surface area contributed by atoms with Crippen LogP contribution >= 0.6 is 0 Å². The average Bonchev–Trinajstić information content (AvgIpc) is 2.90. The van der Waals surface area contributed by atoms with Crippen molar-refractivity contribution in [2.24, 2.45) is 5.92 Å². The van der Waals surface area contributed by atoms with Gasteiger partial charge in [-0.2, -0.15) is 0 Å². The van der Waals surface area contributed by atoms with E-state index in [-0.39, 0.29) is 36.0 Å². The van der Waals surface area contributed by atoms with E-state index < -0.39 is 11.9 Å². The van der Waals surface area contributed by atoms with Crippen molar-refractivity contribution >= 4 is 23.4 Å². The third-order valence-corrected chi connectivity index (χ3v) is 7.45. The maximum Gasteiger partial charge on any atom is 0.415 e. The predicted octanol–water partition coefficient (Wildman–Crippen LogP) is 5.36. The number of nitrogens with one attached hydrogen (secondary N) is 1. The number of benzene rings is 3. The monoisotopic (exact) mass is 506 g/mol. The van der Waals surface area contributed by atoms with E-state index in [9.17, 15) is 18.4 Å². The van der Waals surface area contributed by atoms with Crippen LogP contribution in [0.2, 0.25) is 0 Å².